The number of methoxy groups -OCH3 is 2. The highest BCUT2D eigenvalue weighted by Crippen LogP contribution is 2.27. The number of rotatable bonds is 20. The molecule has 0 aliphatic carbocycles. The fraction of sp³-hybridized carbons (Fsp3) is 0.706. The minimum atomic E-state index is -1.51. The van der Waals surface area contributed by atoms with E-state index >= 15 is 9.59 Å². The van der Waals surface area contributed by atoms with Crippen molar-refractivity contribution in [1.29, 1.82) is 0 Å². The first-order valence-electron chi connectivity index (χ1n) is 32.1. The average molecular weight is 1230 g/mol. The zero-order valence-electron chi connectivity index (χ0n) is 55.8. The molecule has 0 radical (unpaired) electrons. The molecule has 0 N–H and O–H groups in total. The summed E-state index contributed by atoms with van der Waals surface area (Å²) in [5, 5.41) is 0. The number of ether oxygens (including phenoxy) is 6. The Morgan fingerprint density at radius 3 is 0.909 bits per heavy atom. The molecule has 2 aromatic rings. The van der Waals surface area contributed by atoms with Crippen molar-refractivity contribution < 1.29 is 66.8 Å². The molecule has 0 spiro atoms. The van der Waals surface area contributed by atoms with Gasteiger partial charge in [-0.15, -0.1) is 0 Å². The van der Waals surface area contributed by atoms with Crippen LogP contribution >= 0.6 is 0 Å². The van der Waals surface area contributed by atoms with E-state index in [1.807, 2.05) is 104 Å². The fourth-order valence-corrected chi connectivity index (χ4v) is 12.1. The summed E-state index contributed by atoms with van der Waals surface area (Å²) in [5.74, 6) is -6.15. The van der Waals surface area contributed by atoms with Crippen molar-refractivity contribution in [3.8, 4) is 0 Å². The number of carbonyl (C=O) groups excluding carboxylic acids is 8. The van der Waals surface area contributed by atoms with Gasteiger partial charge in [0, 0.05) is 81.6 Å². The molecule has 0 unspecified atom stereocenters. The Morgan fingerprint density at radius 2 is 0.648 bits per heavy atom. The van der Waals surface area contributed by atoms with E-state index in [-0.39, 0.29) is 62.2 Å². The van der Waals surface area contributed by atoms with Crippen LogP contribution in [0.15, 0.2) is 48.5 Å². The standard InChI is InChI=1S/C68H106N6O14/c1-43(2)33-55-65(79)85-47(9)61(75)69(11)58(36-46(7)8)68(82)88-60(38-50-19-23-52(24-20-50)40-74-31-27-54(28-32-74)42-84-16)64(78)72(14)56(34-44(3)4)66(80)86-48(10)62(76)70(12)57(35-45(5)6)67(81)87-59(63(77)71(55)13)37-49-17-21-51(22-18-49)39-73-29-25-53(26-30-73)41-83-15/h17-24,43-48,53-60H,25-42H2,1-16H3/t47-,48-,55+,56+,57+,58+,59-,60-/m1/s1. The summed E-state index contributed by atoms with van der Waals surface area (Å²) in [4.78, 5) is 128. The highest BCUT2D eigenvalue weighted by Gasteiger charge is 2.43. The third-order valence-corrected chi connectivity index (χ3v) is 17.4. The normalized spacial score (nSPS) is 25.2. The maximum Gasteiger partial charge on any atom is 0.329 e. The summed E-state index contributed by atoms with van der Waals surface area (Å²) in [6.45, 7) is 24.4. The molecule has 3 aliphatic heterocycles. The molecule has 3 saturated heterocycles. The molecule has 3 aliphatic rings. The number of hydrogen-bond donors (Lipinski definition) is 0. The average Bonchev–Trinajstić information content (AvgIpc) is 2.58. The topological polar surface area (TPSA) is 211 Å². The SMILES string of the molecule is COCC1CCN(Cc2ccc(C[C@H]3OC(=O)[C@H](CC(C)C)N(C)C(=O)[C@@H](C)OC(=O)[C@H](CC(C)C)N(C)C(=O)[C@@H](Cc4ccc(CN5CCC(COC)CC5)cc4)OC(=O)[C@H](CC(C)C)N(C)C(=O)[C@@H](C)OC(=O)[C@H](CC(C)C)N(C)C3=O)cc2)CC1. The van der Waals surface area contributed by atoms with Crippen LogP contribution in [0.5, 0.6) is 0 Å². The number of cyclic esters (lactones) is 4. The monoisotopic (exact) mass is 1230 g/mol. The van der Waals surface area contributed by atoms with E-state index in [0.717, 1.165) is 99.1 Å². The third-order valence-electron chi connectivity index (χ3n) is 17.4. The minimum absolute atomic E-state index is 0.0970. The Kier molecular flexibility index (Phi) is 28.8. The summed E-state index contributed by atoms with van der Waals surface area (Å²) < 4.78 is 35.3. The maximum atomic E-state index is 15.1. The lowest BCUT2D eigenvalue weighted by atomic mass is 9.97. The molecule has 4 amide bonds. The van der Waals surface area contributed by atoms with Gasteiger partial charge in [0.1, 0.15) is 24.2 Å². The number of likely N-dealkylation sites (N-methyl/N-ethyl adjacent to an activating group) is 4. The first kappa shape index (κ1) is 72.8. The minimum Gasteiger partial charge on any atom is -0.451 e. The van der Waals surface area contributed by atoms with Crippen LogP contribution in [0.2, 0.25) is 0 Å². The van der Waals surface area contributed by atoms with Gasteiger partial charge in [-0.2, -0.15) is 0 Å². The van der Waals surface area contributed by atoms with Gasteiger partial charge in [0.2, 0.25) is 0 Å². The van der Waals surface area contributed by atoms with Gasteiger partial charge in [-0.1, -0.05) is 104 Å². The Morgan fingerprint density at radius 1 is 0.398 bits per heavy atom. The van der Waals surface area contributed by atoms with Crippen molar-refractivity contribution in [3.63, 3.8) is 0 Å². The quantitative estimate of drug-likeness (QED) is 0.0935. The Labute approximate surface area is 524 Å². The van der Waals surface area contributed by atoms with Gasteiger partial charge in [0.15, 0.2) is 24.4 Å². The molecule has 8 atom stereocenters. The van der Waals surface area contributed by atoms with Crippen molar-refractivity contribution >= 4 is 47.5 Å². The van der Waals surface area contributed by atoms with E-state index in [0.29, 0.717) is 23.0 Å². The van der Waals surface area contributed by atoms with E-state index < -0.39 is 96.1 Å². The molecule has 3 fully saturated rings. The predicted molar refractivity (Wildman–Crippen MR) is 335 cm³/mol. The zero-order chi connectivity index (χ0) is 65.1. The van der Waals surface area contributed by atoms with Crippen LogP contribution in [-0.2, 0) is 92.7 Å². The molecule has 20 heteroatoms. The number of esters is 4. The maximum absolute atomic E-state index is 15.1. The summed E-state index contributed by atoms with van der Waals surface area (Å²) >= 11 is 0. The summed E-state index contributed by atoms with van der Waals surface area (Å²) in [6, 6.07) is 10.4. The summed E-state index contributed by atoms with van der Waals surface area (Å²) in [7, 11) is 9.13. The van der Waals surface area contributed by atoms with Gasteiger partial charge in [0.05, 0.1) is 0 Å². The van der Waals surface area contributed by atoms with Crippen molar-refractivity contribution in [3.05, 3.63) is 70.8 Å². The Bertz CT molecular complexity index is 2390. The van der Waals surface area contributed by atoms with Gasteiger partial charge in [0.25, 0.3) is 23.6 Å². The van der Waals surface area contributed by atoms with Crippen LogP contribution in [0.25, 0.3) is 0 Å². The highest BCUT2D eigenvalue weighted by molar-refractivity contribution is 5.94. The van der Waals surface area contributed by atoms with Gasteiger partial charge in [-0.25, -0.2) is 19.2 Å². The van der Waals surface area contributed by atoms with Gasteiger partial charge in [-0.3, -0.25) is 29.0 Å². The molecule has 0 saturated carbocycles. The van der Waals surface area contributed by atoms with Crippen LogP contribution in [0.1, 0.15) is 143 Å². The smallest absolute Gasteiger partial charge is 0.329 e. The van der Waals surface area contributed by atoms with Crippen molar-refractivity contribution in [2.24, 2.45) is 35.5 Å². The molecule has 88 heavy (non-hydrogen) atoms. The number of nitrogens with zero attached hydrogens (tertiary/aromatic N) is 6. The number of carbonyl (C=O) groups is 8. The van der Waals surface area contributed by atoms with Crippen LogP contribution in [-0.4, -0.2) is 207 Å². The van der Waals surface area contributed by atoms with Crippen LogP contribution < -0.4 is 0 Å². The molecule has 2 aromatic carbocycles. The summed E-state index contributed by atoms with van der Waals surface area (Å²) in [6.07, 6.45) is -1.61. The second-order valence-corrected chi connectivity index (χ2v) is 26.8. The molecule has 20 nitrogen and oxygen atoms in total. The fourth-order valence-electron chi connectivity index (χ4n) is 12.1. The van der Waals surface area contributed by atoms with Crippen molar-refractivity contribution in [1.82, 2.24) is 29.4 Å². The lowest BCUT2D eigenvalue weighted by Crippen LogP contribution is -2.55. The van der Waals surface area contributed by atoms with Crippen LogP contribution in [0.4, 0.5) is 0 Å². The number of hydrogen-bond acceptors (Lipinski definition) is 16. The summed E-state index contributed by atoms with van der Waals surface area (Å²) in [5.41, 5.74) is 3.46. The van der Waals surface area contributed by atoms with Crippen molar-refractivity contribution in [2.45, 2.75) is 195 Å². The molecule has 492 valence electrons. The van der Waals surface area contributed by atoms with Gasteiger partial charge >= 0.3 is 23.9 Å². The number of piperidine rings is 2. The molecular weight excluding hydrogens is 1120 g/mol. The van der Waals surface area contributed by atoms with Crippen molar-refractivity contribution in [2.75, 3.05) is 81.8 Å². The molecule has 3 heterocycles. The van der Waals surface area contributed by atoms with Crippen LogP contribution in [0, 0.1) is 35.5 Å². The molecule has 5 rings (SSSR count). The van der Waals surface area contributed by atoms with Gasteiger partial charge < -0.3 is 48.0 Å². The van der Waals surface area contributed by atoms with E-state index in [9.17, 15) is 28.8 Å². The Hall–Kier alpha value is -5.96. The second-order valence-electron chi connectivity index (χ2n) is 26.8. The van der Waals surface area contributed by atoms with E-state index in [4.69, 9.17) is 28.4 Å². The predicted octanol–water partition coefficient (Wildman–Crippen LogP) is 7.38. The third kappa shape index (κ3) is 21.6. The first-order chi connectivity index (χ1) is 41.6. The van der Waals surface area contributed by atoms with Gasteiger partial charge in [-0.05, 0) is 149 Å². The number of likely N-dealkylation sites (tertiary alicyclic amines) is 2. The first-order valence-corrected chi connectivity index (χ1v) is 32.1. The largest absolute Gasteiger partial charge is 0.451 e. The molecule has 0 bridgehead atoms. The highest BCUT2D eigenvalue weighted by atomic mass is 16.6. The Balaban J connectivity index is 1.54. The number of benzene rings is 2. The molecular formula is C68H106N6O14. The van der Waals surface area contributed by atoms with E-state index in [1.54, 1.807) is 14.2 Å². The van der Waals surface area contributed by atoms with Crippen LogP contribution in [0.3, 0.4) is 0 Å². The lowest BCUT2D eigenvalue weighted by molar-refractivity contribution is -0.176. The van der Waals surface area contributed by atoms with E-state index in [2.05, 4.69) is 9.80 Å². The van der Waals surface area contributed by atoms with E-state index in [1.165, 1.54) is 51.8 Å². The second kappa shape index (κ2) is 34.9. The lowest BCUT2D eigenvalue weighted by Gasteiger charge is -2.35. The zero-order valence-corrected chi connectivity index (χ0v) is 55.8. The number of amides is 4. The molecule has 0 aromatic heterocycles.